The van der Waals surface area contributed by atoms with Crippen molar-refractivity contribution in [3.8, 4) is 11.4 Å². The Bertz CT molecular complexity index is 1000. The first-order chi connectivity index (χ1) is 13.0. The number of carbonyl (C=O) groups excluding carboxylic acids is 1. The molecule has 27 heavy (non-hydrogen) atoms. The normalized spacial score (nSPS) is 10.9. The van der Waals surface area contributed by atoms with Gasteiger partial charge in [-0.15, -0.1) is 5.10 Å². The summed E-state index contributed by atoms with van der Waals surface area (Å²) in [6.07, 6.45) is 1.05. The Morgan fingerprint density at radius 3 is 2.48 bits per heavy atom. The summed E-state index contributed by atoms with van der Waals surface area (Å²) in [5, 5.41) is 5.02. The third kappa shape index (κ3) is 4.37. The Morgan fingerprint density at radius 1 is 1.11 bits per heavy atom. The van der Waals surface area contributed by atoms with Crippen LogP contribution >= 0.6 is 11.6 Å². The molecule has 0 aliphatic heterocycles. The van der Waals surface area contributed by atoms with E-state index in [0.29, 0.717) is 30.2 Å². The smallest absolute Gasteiger partial charge is 0.298 e. The highest BCUT2D eigenvalue weighted by Gasteiger charge is 2.16. The zero-order valence-electron chi connectivity index (χ0n) is 15.5. The standard InChI is InChI=1S/C21H22ClN3O2/c1-3-24-20(17-8-11-18(22)12-9-17)23-25(21(24)27)14-19(26)13-10-16-7-5-4-6-15(16)2/h4-9,11-12H,3,10,13-14H2,1-2H3. The molecule has 0 aliphatic carbocycles. The highest BCUT2D eigenvalue weighted by Crippen LogP contribution is 2.19. The molecule has 0 fully saturated rings. The molecule has 140 valence electrons. The molecule has 0 spiro atoms. The van der Waals surface area contributed by atoms with Crippen molar-refractivity contribution in [2.24, 2.45) is 0 Å². The van der Waals surface area contributed by atoms with Crippen LogP contribution in [-0.2, 0) is 24.3 Å². The van der Waals surface area contributed by atoms with E-state index < -0.39 is 0 Å². The van der Waals surface area contributed by atoms with E-state index in [2.05, 4.69) is 5.10 Å². The minimum atomic E-state index is -0.272. The number of benzene rings is 2. The van der Waals surface area contributed by atoms with E-state index in [9.17, 15) is 9.59 Å². The second-order valence-electron chi connectivity index (χ2n) is 6.48. The van der Waals surface area contributed by atoms with Crippen LogP contribution in [0.5, 0.6) is 0 Å². The van der Waals surface area contributed by atoms with Crippen LogP contribution in [-0.4, -0.2) is 20.1 Å². The second-order valence-corrected chi connectivity index (χ2v) is 6.92. The first kappa shape index (κ1) is 19.1. The molecule has 6 heteroatoms. The molecule has 2 aromatic carbocycles. The van der Waals surface area contributed by atoms with E-state index in [4.69, 9.17) is 11.6 Å². The SMILES string of the molecule is CCn1c(-c2ccc(Cl)cc2)nn(CC(=O)CCc2ccccc2C)c1=O. The highest BCUT2D eigenvalue weighted by atomic mass is 35.5. The Hall–Kier alpha value is -2.66. The summed E-state index contributed by atoms with van der Waals surface area (Å²) in [4.78, 5) is 25.0. The lowest BCUT2D eigenvalue weighted by atomic mass is 10.0. The lowest BCUT2D eigenvalue weighted by Crippen LogP contribution is -2.27. The van der Waals surface area contributed by atoms with Gasteiger partial charge in [0.15, 0.2) is 11.6 Å². The first-order valence-corrected chi connectivity index (χ1v) is 9.37. The lowest BCUT2D eigenvalue weighted by Gasteiger charge is -2.04. The Morgan fingerprint density at radius 2 is 1.81 bits per heavy atom. The molecule has 0 N–H and O–H groups in total. The van der Waals surface area contributed by atoms with Crippen molar-refractivity contribution in [2.45, 2.75) is 39.8 Å². The summed E-state index contributed by atoms with van der Waals surface area (Å²) in [6, 6.07) is 15.2. The van der Waals surface area contributed by atoms with Crippen LogP contribution in [0.2, 0.25) is 5.02 Å². The fraction of sp³-hybridized carbons (Fsp3) is 0.286. The number of hydrogen-bond acceptors (Lipinski definition) is 3. The maximum absolute atomic E-state index is 12.6. The zero-order valence-corrected chi connectivity index (χ0v) is 16.2. The van der Waals surface area contributed by atoms with E-state index in [1.54, 1.807) is 16.7 Å². The average molecular weight is 384 g/mol. The predicted octanol–water partition coefficient (Wildman–Crippen LogP) is 3.90. The van der Waals surface area contributed by atoms with Crippen LogP contribution in [0.15, 0.2) is 53.3 Å². The van der Waals surface area contributed by atoms with Gasteiger partial charge in [0.1, 0.15) is 6.54 Å². The molecule has 0 atom stereocenters. The molecule has 1 aromatic heterocycles. The molecule has 0 radical (unpaired) electrons. The first-order valence-electron chi connectivity index (χ1n) is 8.99. The number of nitrogens with zero attached hydrogens (tertiary/aromatic N) is 3. The van der Waals surface area contributed by atoms with Crippen LogP contribution in [0.3, 0.4) is 0 Å². The fourth-order valence-corrected chi connectivity index (χ4v) is 3.18. The third-order valence-corrected chi connectivity index (χ3v) is 4.85. The molecule has 3 aromatic rings. The Kier molecular flexibility index (Phi) is 5.91. The average Bonchev–Trinajstić information content (AvgIpc) is 2.97. The van der Waals surface area contributed by atoms with Crippen LogP contribution < -0.4 is 5.69 Å². The molecule has 0 saturated heterocycles. The van der Waals surface area contributed by atoms with Crippen molar-refractivity contribution in [1.29, 1.82) is 0 Å². The number of aromatic nitrogens is 3. The van der Waals surface area contributed by atoms with Crippen molar-refractivity contribution in [1.82, 2.24) is 14.3 Å². The van der Waals surface area contributed by atoms with E-state index in [-0.39, 0.29) is 18.0 Å². The zero-order chi connectivity index (χ0) is 19.4. The van der Waals surface area contributed by atoms with Crippen molar-refractivity contribution in [2.75, 3.05) is 0 Å². The van der Waals surface area contributed by atoms with Gasteiger partial charge in [0.25, 0.3) is 0 Å². The molecule has 0 amide bonds. The van der Waals surface area contributed by atoms with Gasteiger partial charge in [0, 0.05) is 23.6 Å². The molecular weight excluding hydrogens is 362 g/mol. The van der Waals surface area contributed by atoms with E-state index in [1.165, 1.54) is 10.2 Å². The van der Waals surface area contributed by atoms with Gasteiger partial charge in [-0.2, -0.15) is 0 Å². The number of ketones is 1. The summed E-state index contributed by atoms with van der Waals surface area (Å²) >= 11 is 5.94. The number of rotatable bonds is 7. The van der Waals surface area contributed by atoms with Gasteiger partial charge in [0.2, 0.25) is 0 Å². The van der Waals surface area contributed by atoms with Gasteiger partial charge >= 0.3 is 5.69 Å². The maximum Gasteiger partial charge on any atom is 0.346 e. The molecule has 0 aliphatic rings. The summed E-state index contributed by atoms with van der Waals surface area (Å²) in [5.74, 6) is 0.537. The quantitative estimate of drug-likeness (QED) is 0.621. The second kappa shape index (κ2) is 8.35. The minimum absolute atomic E-state index is 0.0104. The summed E-state index contributed by atoms with van der Waals surface area (Å²) < 4.78 is 2.82. The van der Waals surface area contributed by atoms with Crippen LogP contribution in [0.25, 0.3) is 11.4 Å². The predicted molar refractivity (Wildman–Crippen MR) is 107 cm³/mol. The topological polar surface area (TPSA) is 56.9 Å². The van der Waals surface area contributed by atoms with Crippen molar-refractivity contribution >= 4 is 17.4 Å². The van der Waals surface area contributed by atoms with Crippen LogP contribution in [0, 0.1) is 6.92 Å². The number of hydrogen-bond donors (Lipinski definition) is 0. The van der Waals surface area contributed by atoms with Gasteiger partial charge in [-0.05, 0) is 55.7 Å². The van der Waals surface area contributed by atoms with E-state index in [1.807, 2.05) is 50.2 Å². The van der Waals surface area contributed by atoms with E-state index in [0.717, 1.165) is 11.1 Å². The van der Waals surface area contributed by atoms with Gasteiger partial charge in [-0.3, -0.25) is 9.36 Å². The van der Waals surface area contributed by atoms with Crippen molar-refractivity contribution in [3.63, 3.8) is 0 Å². The monoisotopic (exact) mass is 383 g/mol. The highest BCUT2D eigenvalue weighted by molar-refractivity contribution is 6.30. The largest absolute Gasteiger partial charge is 0.346 e. The van der Waals surface area contributed by atoms with Crippen molar-refractivity contribution in [3.05, 3.63) is 75.2 Å². The van der Waals surface area contributed by atoms with Crippen molar-refractivity contribution < 1.29 is 4.79 Å². The summed E-state index contributed by atoms with van der Waals surface area (Å²) in [7, 11) is 0. The molecular formula is C21H22ClN3O2. The number of carbonyl (C=O) groups is 1. The molecule has 0 saturated carbocycles. The molecule has 3 rings (SSSR count). The van der Waals surface area contributed by atoms with Gasteiger partial charge in [-0.1, -0.05) is 35.9 Å². The van der Waals surface area contributed by atoms with Gasteiger partial charge < -0.3 is 0 Å². The maximum atomic E-state index is 12.6. The molecule has 0 bridgehead atoms. The summed E-state index contributed by atoms with van der Waals surface area (Å²) in [5.41, 5.74) is 2.85. The van der Waals surface area contributed by atoms with Crippen LogP contribution in [0.1, 0.15) is 24.5 Å². The van der Waals surface area contributed by atoms with E-state index >= 15 is 0 Å². The number of aryl methyl sites for hydroxylation is 2. The molecule has 5 nitrogen and oxygen atoms in total. The minimum Gasteiger partial charge on any atom is -0.298 e. The third-order valence-electron chi connectivity index (χ3n) is 4.60. The number of Topliss-reactive ketones (excluding diaryl/α,β-unsaturated/α-hetero) is 1. The lowest BCUT2D eigenvalue weighted by molar-refractivity contribution is -0.119. The fourth-order valence-electron chi connectivity index (χ4n) is 3.05. The molecule has 1 heterocycles. The van der Waals surface area contributed by atoms with Gasteiger partial charge in [-0.25, -0.2) is 9.48 Å². The van der Waals surface area contributed by atoms with Gasteiger partial charge in [0.05, 0.1) is 0 Å². The summed E-state index contributed by atoms with van der Waals surface area (Å²) in [6.45, 7) is 4.38. The Balaban J connectivity index is 1.77. The number of halogens is 1. The Labute approximate surface area is 163 Å². The van der Waals surface area contributed by atoms with Crippen LogP contribution in [0.4, 0.5) is 0 Å². The molecule has 0 unspecified atom stereocenters.